The topological polar surface area (TPSA) is 108 Å². The van der Waals surface area contributed by atoms with Crippen LogP contribution in [-0.4, -0.2) is 53.2 Å². The van der Waals surface area contributed by atoms with Gasteiger partial charge in [-0.15, -0.1) is 0 Å². The van der Waals surface area contributed by atoms with Gasteiger partial charge in [-0.25, -0.2) is 0 Å². The number of nitrogens with one attached hydrogen (secondary N) is 3. The molecular weight excluding hydrogens is 372 g/mol. The highest BCUT2D eigenvalue weighted by Crippen LogP contribution is 2.44. The van der Waals surface area contributed by atoms with E-state index in [2.05, 4.69) is 16.0 Å². The minimum atomic E-state index is -0.933. The second-order valence-corrected chi connectivity index (χ2v) is 8.52. The van der Waals surface area contributed by atoms with Crippen molar-refractivity contribution in [3.05, 3.63) is 29.3 Å². The second-order valence-electron chi connectivity index (χ2n) is 8.52. The standard InChI is InChI=1S/C21H24N4O4/c26-17-6-5-16(18(27)24-17)25-19(28)14-4-3-13(10-15(14)20(25)29)22-11-21-8-7-12(21)2-1-9-23-21/h3-4,10,12,16,22-23H,1-2,5-9,11H2,(H,24,26,27)/t12-,16?,21-/m1/s1. The Balaban J connectivity index is 1.33. The molecule has 0 bridgehead atoms. The molecule has 0 radical (unpaired) electrons. The fourth-order valence-corrected chi connectivity index (χ4v) is 5.17. The Bertz CT molecular complexity index is 929. The Morgan fingerprint density at radius 1 is 1.07 bits per heavy atom. The molecule has 4 amide bonds. The first-order valence-electron chi connectivity index (χ1n) is 10.3. The van der Waals surface area contributed by atoms with Gasteiger partial charge >= 0.3 is 0 Å². The van der Waals surface area contributed by atoms with E-state index in [9.17, 15) is 19.2 Å². The largest absolute Gasteiger partial charge is 0.383 e. The maximum Gasteiger partial charge on any atom is 0.262 e. The molecule has 29 heavy (non-hydrogen) atoms. The Kier molecular flexibility index (Phi) is 4.20. The van der Waals surface area contributed by atoms with Gasteiger partial charge in [0, 0.05) is 24.2 Å². The summed E-state index contributed by atoms with van der Waals surface area (Å²) in [7, 11) is 0. The molecule has 1 saturated carbocycles. The molecule has 3 heterocycles. The van der Waals surface area contributed by atoms with Crippen LogP contribution in [0.25, 0.3) is 0 Å². The van der Waals surface area contributed by atoms with Crippen LogP contribution >= 0.6 is 0 Å². The second kappa shape index (κ2) is 6.66. The van der Waals surface area contributed by atoms with Crippen molar-refractivity contribution in [1.82, 2.24) is 15.5 Å². The number of carbonyl (C=O) groups is 4. The highest BCUT2D eigenvalue weighted by atomic mass is 16.2. The number of benzene rings is 1. The molecule has 3 aliphatic heterocycles. The molecule has 3 fully saturated rings. The van der Waals surface area contributed by atoms with Crippen LogP contribution < -0.4 is 16.0 Å². The molecule has 2 saturated heterocycles. The highest BCUT2D eigenvalue weighted by molar-refractivity contribution is 6.23. The zero-order valence-corrected chi connectivity index (χ0v) is 16.1. The molecule has 0 aromatic heterocycles. The van der Waals surface area contributed by atoms with Crippen molar-refractivity contribution in [2.75, 3.05) is 18.4 Å². The Morgan fingerprint density at radius 3 is 2.62 bits per heavy atom. The normalized spacial score (nSPS) is 31.1. The zero-order valence-electron chi connectivity index (χ0n) is 16.1. The summed E-state index contributed by atoms with van der Waals surface area (Å²) in [5, 5.41) is 9.32. The molecule has 3 N–H and O–H groups in total. The third-order valence-electron chi connectivity index (χ3n) is 6.97. The number of anilines is 1. The van der Waals surface area contributed by atoms with Crippen LogP contribution in [0.5, 0.6) is 0 Å². The fourth-order valence-electron chi connectivity index (χ4n) is 5.17. The van der Waals surface area contributed by atoms with Gasteiger partial charge in [-0.2, -0.15) is 0 Å². The monoisotopic (exact) mass is 396 g/mol. The number of imide groups is 2. The third kappa shape index (κ3) is 2.85. The van der Waals surface area contributed by atoms with E-state index in [1.165, 1.54) is 19.3 Å². The third-order valence-corrected chi connectivity index (χ3v) is 6.97. The average Bonchev–Trinajstić information content (AvgIpc) is 2.93. The minimum absolute atomic E-state index is 0.118. The van der Waals surface area contributed by atoms with Crippen LogP contribution in [-0.2, 0) is 9.59 Å². The van der Waals surface area contributed by atoms with E-state index < -0.39 is 23.8 Å². The van der Waals surface area contributed by atoms with E-state index in [-0.39, 0.29) is 24.3 Å². The van der Waals surface area contributed by atoms with E-state index in [0.29, 0.717) is 17.0 Å². The molecule has 1 unspecified atom stereocenters. The van der Waals surface area contributed by atoms with Crippen LogP contribution in [0.1, 0.15) is 59.2 Å². The van der Waals surface area contributed by atoms with Gasteiger partial charge in [-0.3, -0.25) is 29.4 Å². The van der Waals surface area contributed by atoms with Crippen molar-refractivity contribution >= 4 is 29.3 Å². The van der Waals surface area contributed by atoms with Gasteiger partial charge in [0.25, 0.3) is 11.8 Å². The van der Waals surface area contributed by atoms with Crippen molar-refractivity contribution in [3.63, 3.8) is 0 Å². The van der Waals surface area contributed by atoms with Crippen molar-refractivity contribution in [2.45, 2.75) is 50.1 Å². The smallest absolute Gasteiger partial charge is 0.262 e. The summed E-state index contributed by atoms with van der Waals surface area (Å²) in [6.07, 6.45) is 5.16. The van der Waals surface area contributed by atoms with Crippen molar-refractivity contribution in [3.8, 4) is 0 Å². The van der Waals surface area contributed by atoms with Gasteiger partial charge in [0.05, 0.1) is 11.1 Å². The molecular formula is C21H24N4O4. The number of piperidine rings is 2. The molecule has 5 rings (SSSR count). The summed E-state index contributed by atoms with van der Waals surface area (Å²) in [6.45, 7) is 1.83. The number of fused-ring (bicyclic) bond motifs is 2. The molecule has 1 aliphatic carbocycles. The summed E-state index contributed by atoms with van der Waals surface area (Å²) in [5.74, 6) is -1.22. The molecule has 8 nitrogen and oxygen atoms in total. The number of amides is 4. The lowest BCUT2D eigenvalue weighted by molar-refractivity contribution is -0.136. The zero-order chi connectivity index (χ0) is 20.2. The van der Waals surface area contributed by atoms with Gasteiger partial charge in [0.1, 0.15) is 6.04 Å². The Labute approximate surface area is 168 Å². The summed E-state index contributed by atoms with van der Waals surface area (Å²) < 4.78 is 0. The van der Waals surface area contributed by atoms with Crippen LogP contribution in [0.2, 0.25) is 0 Å². The van der Waals surface area contributed by atoms with Crippen molar-refractivity contribution in [2.24, 2.45) is 5.92 Å². The first-order chi connectivity index (χ1) is 14.0. The molecule has 8 heteroatoms. The molecule has 0 spiro atoms. The van der Waals surface area contributed by atoms with Crippen LogP contribution in [0, 0.1) is 5.92 Å². The van der Waals surface area contributed by atoms with E-state index in [4.69, 9.17) is 0 Å². The van der Waals surface area contributed by atoms with Crippen molar-refractivity contribution < 1.29 is 19.2 Å². The predicted octanol–water partition coefficient (Wildman–Crippen LogP) is 1.03. The van der Waals surface area contributed by atoms with E-state index >= 15 is 0 Å². The molecule has 4 aliphatic rings. The Morgan fingerprint density at radius 2 is 1.90 bits per heavy atom. The highest BCUT2D eigenvalue weighted by Gasteiger charge is 2.48. The quantitative estimate of drug-likeness (QED) is 0.656. The van der Waals surface area contributed by atoms with Gasteiger partial charge in [-0.1, -0.05) is 0 Å². The van der Waals surface area contributed by atoms with E-state index in [1.54, 1.807) is 12.1 Å². The molecule has 3 atom stereocenters. The molecule has 152 valence electrons. The maximum atomic E-state index is 12.9. The molecule has 1 aromatic carbocycles. The van der Waals surface area contributed by atoms with Crippen molar-refractivity contribution in [1.29, 1.82) is 0 Å². The summed E-state index contributed by atoms with van der Waals surface area (Å²) in [4.78, 5) is 50.2. The van der Waals surface area contributed by atoms with Crippen LogP contribution in [0.4, 0.5) is 5.69 Å². The van der Waals surface area contributed by atoms with Crippen LogP contribution in [0.3, 0.4) is 0 Å². The van der Waals surface area contributed by atoms with E-state index in [1.807, 2.05) is 6.07 Å². The SMILES string of the molecule is O=C1CCC(N2C(=O)c3ccc(NC[C@]45CC[C@H]4CCCN5)cc3C2=O)C(=O)N1. The average molecular weight is 396 g/mol. The lowest BCUT2D eigenvalue weighted by Crippen LogP contribution is -2.64. The van der Waals surface area contributed by atoms with Gasteiger partial charge < -0.3 is 10.6 Å². The maximum absolute atomic E-state index is 12.9. The number of hydrogen-bond acceptors (Lipinski definition) is 6. The Hall–Kier alpha value is -2.74. The first-order valence-corrected chi connectivity index (χ1v) is 10.3. The fraction of sp³-hybridized carbons (Fsp3) is 0.524. The number of carbonyl (C=O) groups excluding carboxylic acids is 4. The van der Waals surface area contributed by atoms with Crippen LogP contribution in [0.15, 0.2) is 18.2 Å². The number of rotatable bonds is 4. The summed E-state index contributed by atoms with van der Waals surface area (Å²) in [5.41, 5.74) is 1.54. The van der Waals surface area contributed by atoms with Gasteiger partial charge in [-0.05, 0) is 62.8 Å². The van der Waals surface area contributed by atoms with Gasteiger partial charge in [0.15, 0.2) is 0 Å². The molecule has 1 aromatic rings. The predicted molar refractivity (Wildman–Crippen MR) is 104 cm³/mol. The lowest BCUT2D eigenvalue weighted by atomic mass is 9.63. The summed E-state index contributed by atoms with van der Waals surface area (Å²) >= 11 is 0. The first kappa shape index (κ1) is 18.3. The van der Waals surface area contributed by atoms with Gasteiger partial charge in [0.2, 0.25) is 11.8 Å². The number of nitrogens with zero attached hydrogens (tertiary/aromatic N) is 1. The lowest BCUT2D eigenvalue weighted by Gasteiger charge is -2.53. The summed E-state index contributed by atoms with van der Waals surface area (Å²) in [6, 6.07) is 4.23. The number of hydrogen-bond donors (Lipinski definition) is 3. The minimum Gasteiger partial charge on any atom is -0.383 e. The van der Waals surface area contributed by atoms with E-state index in [0.717, 1.165) is 30.1 Å².